The van der Waals surface area contributed by atoms with E-state index in [1.807, 2.05) is 13.0 Å². The lowest BCUT2D eigenvalue weighted by molar-refractivity contribution is 0.0962. The molecule has 2 aliphatic rings. The van der Waals surface area contributed by atoms with Crippen LogP contribution in [0, 0.1) is 6.92 Å². The number of hydrogen-bond donors (Lipinski definition) is 1. The van der Waals surface area contributed by atoms with Gasteiger partial charge < -0.3 is 10.0 Å². The van der Waals surface area contributed by atoms with Crippen LogP contribution in [0.1, 0.15) is 39.0 Å². The first kappa shape index (κ1) is 17.6. The van der Waals surface area contributed by atoms with Gasteiger partial charge in [-0.1, -0.05) is 6.07 Å². The van der Waals surface area contributed by atoms with Crippen LogP contribution in [-0.2, 0) is 6.42 Å². The molecule has 3 heterocycles. The summed E-state index contributed by atoms with van der Waals surface area (Å²) in [7, 11) is 0. The zero-order chi connectivity index (χ0) is 18.1. The lowest BCUT2D eigenvalue weighted by Crippen LogP contribution is -2.48. The minimum atomic E-state index is 0.168. The largest absolute Gasteiger partial charge is 0.395 e. The van der Waals surface area contributed by atoms with E-state index in [1.165, 1.54) is 4.88 Å². The molecule has 2 aromatic rings. The smallest absolute Gasteiger partial charge is 0.225 e. The van der Waals surface area contributed by atoms with Gasteiger partial charge in [0.15, 0.2) is 5.78 Å². The van der Waals surface area contributed by atoms with Gasteiger partial charge in [-0.25, -0.2) is 9.97 Å². The summed E-state index contributed by atoms with van der Waals surface area (Å²) in [5.74, 6) is 1.14. The average Bonchev–Trinajstić information content (AvgIpc) is 3.16. The summed E-state index contributed by atoms with van der Waals surface area (Å²) >= 11 is 1.72. The van der Waals surface area contributed by atoms with E-state index < -0.39 is 0 Å². The number of hydrogen-bond acceptors (Lipinski definition) is 7. The summed E-state index contributed by atoms with van der Waals surface area (Å²) in [4.78, 5) is 27.9. The first-order valence-corrected chi connectivity index (χ1v) is 10.1. The zero-order valence-corrected chi connectivity index (χ0v) is 15.8. The highest BCUT2D eigenvalue weighted by molar-refractivity contribution is 7.10. The lowest BCUT2D eigenvalue weighted by atomic mass is 9.84. The fourth-order valence-corrected chi connectivity index (χ4v) is 4.77. The molecule has 6 nitrogen and oxygen atoms in total. The molecule has 0 saturated carbocycles. The molecular weight excluding hydrogens is 348 g/mol. The number of aryl methyl sites for hydroxylation is 1. The van der Waals surface area contributed by atoms with E-state index in [4.69, 9.17) is 10.1 Å². The van der Waals surface area contributed by atoms with E-state index in [9.17, 15) is 4.79 Å². The summed E-state index contributed by atoms with van der Waals surface area (Å²) in [5, 5.41) is 11.2. The number of fused-ring (bicyclic) bond motifs is 1. The maximum absolute atomic E-state index is 12.7. The SMILES string of the molecule is Cc1nc(N2CCN(CCO)CC2)nc2c1C(=O)CC(c1cccs1)C2. The molecule has 0 aromatic carbocycles. The summed E-state index contributed by atoms with van der Waals surface area (Å²) in [6, 6.07) is 4.16. The predicted octanol–water partition coefficient (Wildman–Crippen LogP) is 1.87. The van der Waals surface area contributed by atoms with Crippen LogP contribution in [0.2, 0.25) is 0 Å². The summed E-state index contributed by atoms with van der Waals surface area (Å²) in [6.45, 7) is 6.33. The molecule has 1 saturated heterocycles. The Morgan fingerprint density at radius 2 is 2.04 bits per heavy atom. The second-order valence-electron chi connectivity index (χ2n) is 7.03. The third-order valence-corrected chi connectivity index (χ3v) is 6.36. The molecule has 2 aromatic heterocycles. The van der Waals surface area contributed by atoms with Gasteiger partial charge in [-0.05, 0) is 24.8 Å². The molecule has 1 aliphatic heterocycles. The molecule has 4 rings (SSSR count). The molecule has 0 amide bonds. The first-order valence-electron chi connectivity index (χ1n) is 9.18. The molecule has 0 bridgehead atoms. The Labute approximate surface area is 157 Å². The van der Waals surface area contributed by atoms with E-state index in [0.717, 1.165) is 62.0 Å². The molecule has 1 fully saturated rings. The Kier molecular flexibility index (Phi) is 5.02. The monoisotopic (exact) mass is 372 g/mol. The Balaban J connectivity index is 1.57. The van der Waals surface area contributed by atoms with Crippen molar-refractivity contribution in [2.24, 2.45) is 0 Å². The molecule has 26 heavy (non-hydrogen) atoms. The van der Waals surface area contributed by atoms with Crippen LogP contribution in [-0.4, -0.2) is 65.1 Å². The van der Waals surface area contributed by atoms with Crippen LogP contribution in [0.4, 0.5) is 5.95 Å². The third kappa shape index (κ3) is 3.39. The van der Waals surface area contributed by atoms with Crippen molar-refractivity contribution in [3.63, 3.8) is 0 Å². The number of nitrogens with zero attached hydrogens (tertiary/aromatic N) is 4. The molecule has 0 spiro atoms. The van der Waals surface area contributed by atoms with Crippen molar-refractivity contribution in [3.05, 3.63) is 39.3 Å². The topological polar surface area (TPSA) is 69.6 Å². The van der Waals surface area contributed by atoms with Gasteiger partial charge in [0.2, 0.25) is 5.95 Å². The Morgan fingerprint density at radius 1 is 1.23 bits per heavy atom. The Hall–Kier alpha value is -1.83. The Morgan fingerprint density at radius 3 is 2.73 bits per heavy atom. The third-order valence-electron chi connectivity index (χ3n) is 5.32. The Bertz CT molecular complexity index is 785. The van der Waals surface area contributed by atoms with E-state index in [2.05, 4.69) is 26.2 Å². The maximum Gasteiger partial charge on any atom is 0.225 e. The van der Waals surface area contributed by atoms with Crippen molar-refractivity contribution in [2.75, 3.05) is 44.2 Å². The second kappa shape index (κ2) is 7.42. The van der Waals surface area contributed by atoms with E-state index in [0.29, 0.717) is 6.42 Å². The number of ketones is 1. The number of rotatable bonds is 4. The number of aromatic nitrogens is 2. The van der Waals surface area contributed by atoms with Gasteiger partial charge in [-0.3, -0.25) is 9.69 Å². The van der Waals surface area contributed by atoms with Gasteiger partial charge in [0, 0.05) is 49.9 Å². The van der Waals surface area contributed by atoms with E-state index >= 15 is 0 Å². The number of carbonyl (C=O) groups is 1. The molecule has 1 unspecified atom stereocenters. The molecule has 1 N–H and O–H groups in total. The highest BCUT2D eigenvalue weighted by Crippen LogP contribution is 2.35. The summed E-state index contributed by atoms with van der Waals surface area (Å²) in [5.41, 5.74) is 2.44. The van der Waals surface area contributed by atoms with Gasteiger partial charge in [-0.2, -0.15) is 0 Å². The van der Waals surface area contributed by atoms with Crippen molar-refractivity contribution in [1.29, 1.82) is 0 Å². The van der Waals surface area contributed by atoms with Crippen LogP contribution >= 0.6 is 11.3 Å². The van der Waals surface area contributed by atoms with Gasteiger partial charge in [0.1, 0.15) is 0 Å². The number of aliphatic hydroxyl groups excluding tert-OH is 1. The van der Waals surface area contributed by atoms with Gasteiger partial charge in [0.05, 0.1) is 23.6 Å². The maximum atomic E-state index is 12.7. The predicted molar refractivity (Wildman–Crippen MR) is 102 cm³/mol. The van der Waals surface area contributed by atoms with Crippen molar-refractivity contribution in [1.82, 2.24) is 14.9 Å². The van der Waals surface area contributed by atoms with E-state index in [1.54, 1.807) is 11.3 Å². The van der Waals surface area contributed by atoms with Crippen LogP contribution < -0.4 is 4.90 Å². The van der Waals surface area contributed by atoms with Crippen molar-refractivity contribution in [2.45, 2.75) is 25.7 Å². The van der Waals surface area contributed by atoms with Crippen molar-refractivity contribution in [3.8, 4) is 0 Å². The van der Waals surface area contributed by atoms with Gasteiger partial charge in [0.25, 0.3) is 0 Å². The molecular formula is C19H24N4O2S. The van der Waals surface area contributed by atoms with Crippen molar-refractivity contribution < 1.29 is 9.90 Å². The minimum absolute atomic E-state index is 0.168. The summed E-state index contributed by atoms with van der Waals surface area (Å²) in [6.07, 6.45) is 1.36. The zero-order valence-electron chi connectivity index (χ0n) is 15.0. The number of thiophene rings is 1. The average molecular weight is 372 g/mol. The second-order valence-corrected chi connectivity index (χ2v) is 8.01. The number of Topliss-reactive ketones (excluding diaryl/α,β-unsaturated/α-hetero) is 1. The minimum Gasteiger partial charge on any atom is -0.395 e. The van der Waals surface area contributed by atoms with Crippen LogP contribution in [0.15, 0.2) is 17.5 Å². The molecule has 0 radical (unpaired) electrons. The number of carbonyl (C=O) groups excluding carboxylic acids is 1. The number of anilines is 1. The molecule has 138 valence electrons. The fourth-order valence-electron chi connectivity index (χ4n) is 3.94. The summed E-state index contributed by atoms with van der Waals surface area (Å²) < 4.78 is 0. The van der Waals surface area contributed by atoms with Gasteiger partial charge >= 0.3 is 0 Å². The van der Waals surface area contributed by atoms with Crippen LogP contribution in [0.3, 0.4) is 0 Å². The number of aliphatic hydroxyl groups is 1. The number of piperazine rings is 1. The highest BCUT2D eigenvalue weighted by Gasteiger charge is 2.31. The standard InChI is InChI=1S/C19H24N4O2S/c1-13-18-15(11-14(12-16(18)25)17-3-2-10-26-17)21-19(20-13)23-6-4-22(5-7-23)8-9-24/h2-3,10,14,24H,4-9,11-12H2,1H3. The molecule has 7 heteroatoms. The lowest BCUT2D eigenvalue weighted by Gasteiger charge is -2.35. The first-order chi connectivity index (χ1) is 12.7. The van der Waals surface area contributed by atoms with E-state index in [-0.39, 0.29) is 18.3 Å². The highest BCUT2D eigenvalue weighted by atomic mass is 32.1. The van der Waals surface area contributed by atoms with Gasteiger partial charge in [-0.15, -0.1) is 11.3 Å². The van der Waals surface area contributed by atoms with Crippen LogP contribution in [0.25, 0.3) is 0 Å². The number of β-amino-alcohol motifs (C(OH)–C–C–N with tert-alkyl or cyclic N) is 1. The molecule has 1 aliphatic carbocycles. The van der Waals surface area contributed by atoms with Crippen molar-refractivity contribution >= 4 is 23.1 Å². The van der Waals surface area contributed by atoms with Crippen LogP contribution in [0.5, 0.6) is 0 Å². The molecule has 1 atom stereocenters. The fraction of sp³-hybridized carbons (Fsp3) is 0.526. The quantitative estimate of drug-likeness (QED) is 0.884. The normalized spacial score (nSPS) is 21.1.